The summed E-state index contributed by atoms with van der Waals surface area (Å²) in [5.74, 6) is 0.391. The van der Waals surface area contributed by atoms with Gasteiger partial charge in [0.25, 0.3) is 5.91 Å². The van der Waals surface area contributed by atoms with Crippen LogP contribution in [0.25, 0.3) is 0 Å². The van der Waals surface area contributed by atoms with E-state index in [1.165, 1.54) is 11.8 Å². The predicted octanol–water partition coefficient (Wildman–Crippen LogP) is 5.14. The number of hydrogen-bond donors (Lipinski definition) is 2. The summed E-state index contributed by atoms with van der Waals surface area (Å²) in [6.07, 6.45) is 0. The lowest BCUT2D eigenvalue weighted by atomic mass is 10.1. The Bertz CT molecular complexity index is 1140. The van der Waals surface area contributed by atoms with Crippen LogP contribution in [0.3, 0.4) is 0 Å². The number of anilines is 1. The molecule has 2 N–H and O–H groups in total. The maximum Gasteiger partial charge on any atom is 0.252 e. The zero-order chi connectivity index (χ0) is 23.3. The van der Waals surface area contributed by atoms with Gasteiger partial charge in [0.1, 0.15) is 0 Å². The van der Waals surface area contributed by atoms with Crippen LogP contribution in [0.1, 0.15) is 41.6 Å². The van der Waals surface area contributed by atoms with Gasteiger partial charge in [-0.3, -0.25) is 9.59 Å². The molecule has 10 heteroatoms. The Hall–Kier alpha value is -2.55. The molecular formula is C22H23Cl2N5O2S. The third-order valence-electron chi connectivity index (χ3n) is 4.72. The lowest BCUT2D eigenvalue weighted by Gasteiger charge is -2.16. The highest BCUT2D eigenvalue weighted by Crippen LogP contribution is 2.26. The van der Waals surface area contributed by atoms with Crippen LogP contribution in [0.5, 0.6) is 0 Å². The van der Waals surface area contributed by atoms with Crippen molar-refractivity contribution in [3.05, 3.63) is 69.5 Å². The molecule has 0 fully saturated rings. The van der Waals surface area contributed by atoms with E-state index in [-0.39, 0.29) is 23.6 Å². The first kappa shape index (κ1) is 24.1. The monoisotopic (exact) mass is 491 g/mol. The van der Waals surface area contributed by atoms with Gasteiger partial charge < -0.3 is 15.2 Å². The van der Waals surface area contributed by atoms with E-state index in [0.29, 0.717) is 38.8 Å². The summed E-state index contributed by atoms with van der Waals surface area (Å²) in [6.45, 7) is 6.32. The first-order valence-corrected chi connectivity index (χ1v) is 11.7. The SMILES string of the molecule is CCn1c(SCC(=O)Nc2ccc(Cl)c(Cl)c2)nnc1[C@H](C)NC(=O)c1ccccc1C. The van der Waals surface area contributed by atoms with Gasteiger partial charge >= 0.3 is 0 Å². The largest absolute Gasteiger partial charge is 0.342 e. The van der Waals surface area contributed by atoms with E-state index in [2.05, 4.69) is 20.8 Å². The topological polar surface area (TPSA) is 88.9 Å². The van der Waals surface area contributed by atoms with Gasteiger partial charge in [0, 0.05) is 17.8 Å². The molecule has 32 heavy (non-hydrogen) atoms. The van der Waals surface area contributed by atoms with Gasteiger partial charge in [-0.15, -0.1) is 10.2 Å². The summed E-state index contributed by atoms with van der Waals surface area (Å²) in [7, 11) is 0. The Balaban J connectivity index is 1.63. The number of aryl methyl sites for hydroxylation is 1. The summed E-state index contributed by atoms with van der Waals surface area (Å²) in [5.41, 5.74) is 2.09. The smallest absolute Gasteiger partial charge is 0.252 e. The standard InChI is InChI=1S/C22H23Cl2N5O2S/c1-4-29-20(14(3)25-21(31)16-8-6-5-7-13(16)2)27-28-22(29)32-12-19(30)26-15-9-10-17(23)18(24)11-15/h5-11,14H,4,12H2,1-3H3,(H,25,31)(H,26,30)/t14-/m0/s1. The summed E-state index contributed by atoms with van der Waals surface area (Å²) < 4.78 is 1.89. The van der Waals surface area contributed by atoms with Crippen LogP contribution in [-0.4, -0.2) is 32.3 Å². The molecular weight excluding hydrogens is 469 g/mol. The molecule has 0 aliphatic heterocycles. The highest BCUT2D eigenvalue weighted by molar-refractivity contribution is 7.99. The van der Waals surface area contributed by atoms with Crippen molar-refractivity contribution in [2.75, 3.05) is 11.1 Å². The molecule has 0 unspecified atom stereocenters. The van der Waals surface area contributed by atoms with Gasteiger partial charge in [-0.25, -0.2) is 0 Å². The van der Waals surface area contributed by atoms with Gasteiger partial charge in [0.15, 0.2) is 11.0 Å². The maximum absolute atomic E-state index is 12.6. The lowest BCUT2D eigenvalue weighted by Crippen LogP contribution is -2.29. The molecule has 0 spiro atoms. The number of benzene rings is 2. The molecule has 168 valence electrons. The van der Waals surface area contributed by atoms with Crippen LogP contribution in [0.2, 0.25) is 10.0 Å². The molecule has 7 nitrogen and oxygen atoms in total. The number of carbonyl (C=O) groups is 2. The van der Waals surface area contributed by atoms with Crippen LogP contribution in [0.15, 0.2) is 47.6 Å². The van der Waals surface area contributed by atoms with Crippen molar-refractivity contribution >= 4 is 52.5 Å². The van der Waals surface area contributed by atoms with E-state index in [9.17, 15) is 9.59 Å². The van der Waals surface area contributed by atoms with E-state index >= 15 is 0 Å². The van der Waals surface area contributed by atoms with Crippen LogP contribution >= 0.6 is 35.0 Å². The Morgan fingerprint density at radius 2 is 1.88 bits per heavy atom. The molecule has 2 amide bonds. The number of nitrogens with one attached hydrogen (secondary N) is 2. The van der Waals surface area contributed by atoms with Crippen molar-refractivity contribution in [2.45, 2.75) is 38.5 Å². The lowest BCUT2D eigenvalue weighted by molar-refractivity contribution is -0.113. The fourth-order valence-corrected chi connectivity index (χ4v) is 4.20. The van der Waals surface area contributed by atoms with Crippen molar-refractivity contribution in [2.24, 2.45) is 0 Å². The minimum atomic E-state index is -0.353. The third-order valence-corrected chi connectivity index (χ3v) is 6.43. The molecule has 1 heterocycles. The predicted molar refractivity (Wildman–Crippen MR) is 129 cm³/mol. The fraction of sp³-hybridized carbons (Fsp3) is 0.273. The van der Waals surface area contributed by atoms with Gasteiger partial charge in [0.2, 0.25) is 5.91 Å². The minimum absolute atomic E-state index is 0.141. The number of nitrogens with zero attached hydrogens (tertiary/aromatic N) is 3. The van der Waals surface area contributed by atoms with Crippen molar-refractivity contribution < 1.29 is 9.59 Å². The van der Waals surface area contributed by atoms with Crippen molar-refractivity contribution in [3.63, 3.8) is 0 Å². The zero-order valence-electron chi connectivity index (χ0n) is 17.9. The summed E-state index contributed by atoms with van der Waals surface area (Å²) in [6, 6.07) is 12.0. The zero-order valence-corrected chi connectivity index (χ0v) is 20.2. The molecule has 0 bridgehead atoms. The van der Waals surface area contributed by atoms with Gasteiger partial charge in [-0.1, -0.05) is 53.2 Å². The van der Waals surface area contributed by atoms with Crippen molar-refractivity contribution in [1.29, 1.82) is 0 Å². The Labute approximate surface area is 200 Å². The number of carbonyl (C=O) groups excluding carboxylic acids is 2. The molecule has 3 rings (SSSR count). The molecule has 1 aromatic heterocycles. The van der Waals surface area contributed by atoms with E-state index < -0.39 is 0 Å². The highest BCUT2D eigenvalue weighted by atomic mass is 35.5. The van der Waals surface area contributed by atoms with E-state index in [4.69, 9.17) is 23.2 Å². The second-order valence-electron chi connectivity index (χ2n) is 7.06. The fourth-order valence-electron chi connectivity index (χ4n) is 3.09. The molecule has 0 saturated heterocycles. The summed E-state index contributed by atoms with van der Waals surface area (Å²) >= 11 is 13.2. The number of thioether (sulfide) groups is 1. The van der Waals surface area contributed by atoms with Gasteiger partial charge in [-0.05, 0) is 50.6 Å². The third kappa shape index (κ3) is 5.82. The Kier molecular flexibility index (Phi) is 8.17. The van der Waals surface area contributed by atoms with Crippen molar-refractivity contribution in [3.8, 4) is 0 Å². The molecule has 3 aromatic rings. The number of hydrogen-bond acceptors (Lipinski definition) is 5. The summed E-state index contributed by atoms with van der Waals surface area (Å²) in [4.78, 5) is 25.0. The van der Waals surface area contributed by atoms with Crippen LogP contribution in [-0.2, 0) is 11.3 Å². The van der Waals surface area contributed by atoms with E-state index in [1.807, 2.05) is 43.5 Å². The number of aromatic nitrogens is 3. The van der Waals surface area contributed by atoms with Gasteiger partial charge in [0.05, 0.1) is 21.8 Å². The van der Waals surface area contributed by atoms with Crippen molar-refractivity contribution in [1.82, 2.24) is 20.1 Å². The summed E-state index contributed by atoms with van der Waals surface area (Å²) in [5, 5.41) is 15.6. The van der Waals surface area contributed by atoms with E-state index in [1.54, 1.807) is 24.3 Å². The number of amides is 2. The molecule has 2 aromatic carbocycles. The van der Waals surface area contributed by atoms with Crippen LogP contribution in [0.4, 0.5) is 5.69 Å². The minimum Gasteiger partial charge on any atom is -0.342 e. The molecule has 1 atom stereocenters. The average Bonchev–Trinajstić information content (AvgIpc) is 3.18. The molecule has 0 aliphatic carbocycles. The second-order valence-corrected chi connectivity index (χ2v) is 8.82. The quantitative estimate of drug-likeness (QED) is 0.426. The molecule has 0 aliphatic rings. The first-order valence-electron chi connectivity index (χ1n) is 9.97. The first-order chi connectivity index (χ1) is 15.3. The maximum atomic E-state index is 12.6. The second kappa shape index (κ2) is 10.8. The molecule has 0 radical (unpaired) electrons. The van der Waals surface area contributed by atoms with Gasteiger partial charge in [-0.2, -0.15) is 0 Å². The molecule has 0 saturated carbocycles. The van der Waals surface area contributed by atoms with Crippen LogP contribution < -0.4 is 10.6 Å². The Morgan fingerprint density at radius 3 is 2.56 bits per heavy atom. The normalized spacial score (nSPS) is 11.8. The Morgan fingerprint density at radius 1 is 1.12 bits per heavy atom. The van der Waals surface area contributed by atoms with Crippen LogP contribution in [0, 0.1) is 6.92 Å². The number of halogens is 2. The number of rotatable bonds is 8. The highest BCUT2D eigenvalue weighted by Gasteiger charge is 2.20. The van der Waals surface area contributed by atoms with E-state index in [0.717, 1.165) is 5.56 Å². The average molecular weight is 492 g/mol.